The Morgan fingerprint density at radius 2 is 2.19 bits per heavy atom. The van der Waals surface area contributed by atoms with Gasteiger partial charge in [-0.3, -0.25) is 10.1 Å². The molecule has 108 valence electrons. The number of hydrogen-bond donors (Lipinski definition) is 1. The number of aromatic nitrogens is 1. The summed E-state index contributed by atoms with van der Waals surface area (Å²) in [6.45, 7) is 1.53. The van der Waals surface area contributed by atoms with Gasteiger partial charge in [-0.2, -0.15) is 0 Å². The molecule has 0 saturated heterocycles. The maximum Gasteiger partial charge on any atom is 0.337 e. The molecule has 1 heterocycles. The first-order valence-corrected chi connectivity index (χ1v) is 6.08. The standard InChI is InChI=1S/C13H9ClN2O5/c1-7-10(16(19)20)3-2-4-11(7)21-12-5-8(13(17)18)9(14)6-15-12/h2-6H,1H3,(H,17,18). The predicted octanol–water partition coefficient (Wildman–Crippen LogP) is 3.44. The highest BCUT2D eigenvalue weighted by Crippen LogP contribution is 2.31. The fraction of sp³-hybridized carbons (Fsp3) is 0.0769. The van der Waals surface area contributed by atoms with Gasteiger partial charge in [-0.25, -0.2) is 9.78 Å². The predicted molar refractivity (Wildman–Crippen MR) is 74.1 cm³/mol. The monoisotopic (exact) mass is 308 g/mol. The van der Waals surface area contributed by atoms with E-state index in [0.29, 0.717) is 5.56 Å². The lowest BCUT2D eigenvalue weighted by Gasteiger charge is -2.08. The molecule has 0 bridgehead atoms. The van der Waals surface area contributed by atoms with Gasteiger partial charge in [0.15, 0.2) is 0 Å². The molecular weight excluding hydrogens is 300 g/mol. The number of pyridine rings is 1. The molecule has 1 aromatic carbocycles. The minimum atomic E-state index is -1.22. The van der Waals surface area contributed by atoms with Gasteiger partial charge in [0.25, 0.3) is 5.69 Å². The summed E-state index contributed by atoms with van der Waals surface area (Å²) in [6, 6.07) is 5.50. The average Bonchev–Trinajstić information content (AvgIpc) is 2.42. The molecule has 0 saturated carbocycles. The van der Waals surface area contributed by atoms with Crippen molar-refractivity contribution in [3.63, 3.8) is 0 Å². The number of benzene rings is 1. The summed E-state index contributed by atoms with van der Waals surface area (Å²) in [5, 5.41) is 19.8. The van der Waals surface area contributed by atoms with Crippen LogP contribution < -0.4 is 4.74 Å². The van der Waals surface area contributed by atoms with Crippen LogP contribution in [0.15, 0.2) is 30.5 Å². The van der Waals surface area contributed by atoms with Crippen molar-refractivity contribution < 1.29 is 19.6 Å². The van der Waals surface area contributed by atoms with E-state index < -0.39 is 10.9 Å². The summed E-state index contributed by atoms with van der Waals surface area (Å²) in [5.74, 6) is -1.02. The second-order valence-corrected chi connectivity index (χ2v) is 4.47. The Hall–Kier alpha value is -2.67. The molecule has 7 nitrogen and oxygen atoms in total. The van der Waals surface area contributed by atoms with Crippen molar-refractivity contribution in [1.82, 2.24) is 4.98 Å². The molecule has 0 atom stereocenters. The zero-order chi connectivity index (χ0) is 15.6. The van der Waals surface area contributed by atoms with E-state index in [0.717, 1.165) is 12.3 Å². The molecule has 0 aliphatic heterocycles. The maximum absolute atomic E-state index is 11.0. The summed E-state index contributed by atoms with van der Waals surface area (Å²) in [4.78, 5) is 25.2. The van der Waals surface area contributed by atoms with Gasteiger partial charge in [0.05, 0.1) is 27.3 Å². The van der Waals surface area contributed by atoms with Crippen molar-refractivity contribution in [2.45, 2.75) is 6.92 Å². The molecule has 2 rings (SSSR count). The first kappa shape index (κ1) is 14.7. The highest BCUT2D eigenvalue weighted by atomic mass is 35.5. The van der Waals surface area contributed by atoms with Gasteiger partial charge in [0, 0.05) is 12.1 Å². The molecule has 1 N–H and O–H groups in total. The second kappa shape index (κ2) is 5.76. The quantitative estimate of drug-likeness (QED) is 0.685. The van der Waals surface area contributed by atoms with E-state index >= 15 is 0 Å². The molecule has 2 aromatic rings. The second-order valence-electron chi connectivity index (χ2n) is 4.07. The van der Waals surface area contributed by atoms with Crippen molar-refractivity contribution in [1.29, 1.82) is 0 Å². The number of carbonyl (C=O) groups is 1. The first-order valence-electron chi connectivity index (χ1n) is 5.71. The van der Waals surface area contributed by atoms with E-state index in [1.165, 1.54) is 25.1 Å². The number of carboxylic acids is 1. The first-order chi connectivity index (χ1) is 9.90. The van der Waals surface area contributed by atoms with Crippen molar-refractivity contribution in [3.05, 3.63) is 56.7 Å². The lowest BCUT2D eigenvalue weighted by Crippen LogP contribution is -2.00. The number of carboxylic acid groups (broad SMARTS) is 1. The van der Waals surface area contributed by atoms with E-state index in [1.54, 1.807) is 0 Å². The van der Waals surface area contributed by atoms with Gasteiger partial charge in [-0.05, 0) is 13.0 Å². The molecular formula is C13H9ClN2O5. The third-order valence-electron chi connectivity index (χ3n) is 2.73. The van der Waals surface area contributed by atoms with Crippen molar-refractivity contribution in [2.75, 3.05) is 0 Å². The molecule has 8 heteroatoms. The number of rotatable bonds is 4. The normalized spacial score (nSPS) is 10.2. The number of nitro benzene ring substituents is 1. The van der Waals surface area contributed by atoms with Crippen LogP contribution in [0.2, 0.25) is 5.02 Å². The summed E-state index contributed by atoms with van der Waals surface area (Å²) in [7, 11) is 0. The maximum atomic E-state index is 11.0. The zero-order valence-electron chi connectivity index (χ0n) is 10.7. The van der Waals surface area contributed by atoms with E-state index in [2.05, 4.69) is 4.98 Å². The minimum Gasteiger partial charge on any atom is -0.478 e. The molecule has 0 unspecified atom stereocenters. The van der Waals surface area contributed by atoms with Gasteiger partial charge in [-0.15, -0.1) is 0 Å². The van der Waals surface area contributed by atoms with E-state index in [4.69, 9.17) is 21.4 Å². The summed E-state index contributed by atoms with van der Waals surface area (Å²) in [5.41, 5.74) is 0.0563. The number of nitrogens with zero attached hydrogens (tertiary/aromatic N) is 2. The molecule has 0 amide bonds. The molecule has 0 aliphatic rings. The minimum absolute atomic E-state index is 0.0135. The summed E-state index contributed by atoms with van der Waals surface area (Å²) < 4.78 is 5.41. The molecule has 21 heavy (non-hydrogen) atoms. The summed E-state index contributed by atoms with van der Waals surface area (Å²) >= 11 is 5.70. The van der Waals surface area contributed by atoms with E-state index in [-0.39, 0.29) is 27.9 Å². The van der Waals surface area contributed by atoms with Gasteiger partial charge < -0.3 is 9.84 Å². The number of nitro groups is 1. The van der Waals surface area contributed by atoms with Crippen LogP contribution in [0.4, 0.5) is 5.69 Å². The lowest BCUT2D eigenvalue weighted by atomic mass is 10.2. The highest BCUT2D eigenvalue weighted by Gasteiger charge is 2.16. The zero-order valence-corrected chi connectivity index (χ0v) is 11.5. The fourth-order valence-electron chi connectivity index (χ4n) is 1.66. The molecule has 1 aromatic heterocycles. The van der Waals surface area contributed by atoms with Gasteiger partial charge in [-0.1, -0.05) is 17.7 Å². The van der Waals surface area contributed by atoms with Crippen LogP contribution in [-0.2, 0) is 0 Å². The third kappa shape index (κ3) is 3.09. The Morgan fingerprint density at radius 3 is 2.81 bits per heavy atom. The van der Waals surface area contributed by atoms with E-state index in [1.807, 2.05) is 0 Å². The molecule has 0 radical (unpaired) electrons. The Bertz CT molecular complexity index is 732. The third-order valence-corrected chi connectivity index (χ3v) is 3.03. The van der Waals surface area contributed by atoms with Crippen LogP contribution >= 0.6 is 11.6 Å². The number of hydrogen-bond acceptors (Lipinski definition) is 5. The molecule has 0 spiro atoms. The Kier molecular flexibility index (Phi) is 4.04. The van der Waals surface area contributed by atoms with Gasteiger partial charge >= 0.3 is 5.97 Å². The Labute approximate surface area is 123 Å². The Morgan fingerprint density at radius 1 is 1.48 bits per heavy atom. The van der Waals surface area contributed by atoms with Crippen molar-refractivity contribution in [3.8, 4) is 11.6 Å². The highest BCUT2D eigenvalue weighted by molar-refractivity contribution is 6.33. The van der Waals surface area contributed by atoms with Crippen molar-refractivity contribution >= 4 is 23.3 Å². The summed E-state index contributed by atoms with van der Waals surface area (Å²) in [6.07, 6.45) is 1.15. The lowest BCUT2D eigenvalue weighted by molar-refractivity contribution is -0.385. The fourth-order valence-corrected chi connectivity index (χ4v) is 1.85. The van der Waals surface area contributed by atoms with Gasteiger partial charge in [0.2, 0.25) is 5.88 Å². The van der Waals surface area contributed by atoms with Crippen LogP contribution in [0.1, 0.15) is 15.9 Å². The number of halogens is 1. The molecule has 0 aliphatic carbocycles. The van der Waals surface area contributed by atoms with E-state index in [9.17, 15) is 14.9 Å². The van der Waals surface area contributed by atoms with Gasteiger partial charge in [0.1, 0.15) is 5.75 Å². The van der Waals surface area contributed by atoms with Crippen LogP contribution in [-0.4, -0.2) is 21.0 Å². The largest absolute Gasteiger partial charge is 0.478 e. The number of aromatic carboxylic acids is 1. The van der Waals surface area contributed by atoms with Crippen LogP contribution in [0, 0.1) is 17.0 Å². The van der Waals surface area contributed by atoms with Crippen LogP contribution in [0.3, 0.4) is 0 Å². The molecule has 0 fully saturated rings. The van der Waals surface area contributed by atoms with Crippen LogP contribution in [0.5, 0.6) is 11.6 Å². The number of ether oxygens (including phenoxy) is 1. The van der Waals surface area contributed by atoms with Crippen LogP contribution in [0.25, 0.3) is 0 Å². The SMILES string of the molecule is Cc1c(Oc2cc(C(=O)O)c(Cl)cn2)cccc1[N+](=O)[O-]. The smallest absolute Gasteiger partial charge is 0.337 e. The topological polar surface area (TPSA) is 103 Å². The van der Waals surface area contributed by atoms with Crippen molar-refractivity contribution in [2.24, 2.45) is 0 Å². The Balaban J connectivity index is 2.39. The average molecular weight is 309 g/mol.